The molecule has 2 aliphatic carbocycles. The summed E-state index contributed by atoms with van der Waals surface area (Å²) in [6.07, 6.45) is -10.1. The van der Waals surface area contributed by atoms with Gasteiger partial charge in [-0.3, -0.25) is 14.4 Å². The number of carboxylic acid groups (broad SMARTS) is 1. The molecule has 15 atom stereocenters. The fourth-order valence-electron chi connectivity index (χ4n) is 8.23. The van der Waals surface area contributed by atoms with Crippen molar-refractivity contribution in [2.75, 3.05) is 19.7 Å². The lowest BCUT2D eigenvalue weighted by atomic mass is 9.75. The minimum atomic E-state index is -1.65. The van der Waals surface area contributed by atoms with E-state index in [0.717, 1.165) is 32.1 Å². The van der Waals surface area contributed by atoms with E-state index in [2.05, 4.69) is 16.0 Å². The molecule has 2 saturated heterocycles. The summed E-state index contributed by atoms with van der Waals surface area (Å²) >= 11 is 0. The van der Waals surface area contributed by atoms with Crippen LogP contribution in [0.25, 0.3) is 0 Å². The van der Waals surface area contributed by atoms with Gasteiger partial charge in [-0.2, -0.15) is 0 Å². The topological polar surface area (TPSA) is 272 Å². The summed E-state index contributed by atoms with van der Waals surface area (Å²) in [6, 6.07) is -1.30. The number of carboxylic acids is 1. The Balaban J connectivity index is 1.64. The summed E-state index contributed by atoms with van der Waals surface area (Å²) in [7, 11) is 0. The molecule has 0 aromatic carbocycles. The van der Waals surface area contributed by atoms with Crippen molar-refractivity contribution in [3.63, 3.8) is 0 Å². The monoisotopic (exact) mass is 789 g/mol. The second kappa shape index (κ2) is 21.3. The Labute approximate surface area is 321 Å². The van der Waals surface area contributed by atoms with Crippen LogP contribution in [0.4, 0.5) is 0 Å². The van der Waals surface area contributed by atoms with E-state index in [9.17, 15) is 49.8 Å². The molecule has 4 fully saturated rings. The molecule has 2 heterocycles. The smallest absolute Gasteiger partial charge is 0.332 e. The molecule has 9 N–H and O–H groups in total. The van der Waals surface area contributed by atoms with Crippen LogP contribution < -0.4 is 16.0 Å². The van der Waals surface area contributed by atoms with Crippen molar-refractivity contribution in [2.45, 2.75) is 172 Å². The van der Waals surface area contributed by atoms with Crippen LogP contribution >= 0.6 is 0 Å². The third kappa shape index (κ3) is 12.0. The van der Waals surface area contributed by atoms with Crippen LogP contribution in [0.1, 0.15) is 91.9 Å². The molecule has 18 nitrogen and oxygen atoms in total. The Morgan fingerprint density at radius 2 is 1.53 bits per heavy atom. The second-order valence-electron chi connectivity index (χ2n) is 15.4. The van der Waals surface area contributed by atoms with E-state index in [1.54, 1.807) is 6.92 Å². The number of nitrogens with one attached hydrogen (secondary N) is 3. The van der Waals surface area contributed by atoms with Crippen molar-refractivity contribution >= 4 is 23.7 Å². The first kappa shape index (κ1) is 45.2. The van der Waals surface area contributed by atoms with Gasteiger partial charge in [-0.15, -0.1) is 0 Å². The molecule has 18 heteroatoms. The first-order valence-corrected chi connectivity index (χ1v) is 19.8. The van der Waals surface area contributed by atoms with Crippen LogP contribution in [0.5, 0.6) is 0 Å². The first-order chi connectivity index (χ1) is 26.2. The van der Waals surface area contributed by atoms with Gasteiger partial charge in [-0.25, -0.2) is 4.79 Å². The fraction of sp³-hybridized carbons (Fsp3) is 0.892. The third-order valence-corrected chi connectivity index (χ3v) is 11.4. The van der Waals surface area contributed by atoms with Gasteiger partial charge in [0.2, 0.25) is 17.7 Å². The minimum Gasteiger partial charge on any atom is -0.479 e. The van der Waals surface area contributed by atoms with Crippen molar-refractivity contribution in [1.82, 2.24) is 16.0 Å². The minimum absolute atomic E-state index is 0.0157. The summed E-state index contributed by atoms with van der Waals surface area (Å²) in [6.45, 7) is 5.99. The molecule has 0 aromatic heterocycles. The highest BCUT2D eigenvalue weighted by atomic mass is 16.7. The number of hydrogen-bond acceptors (Lipinski definition) is 14. The standard InChI is InChI=1S/C37H63N3O15/c1-5-21-15-22(34(48)39-13-12-38-26(43)6-2)16-23(32(21)55-37-31(47)30(46)28(44)18(3)51-37)53-36-27(40-19(4)42)33(29(45)25(17-41)54-36)52-24(35(49)50)14-20-10-8-7-9-11-20/h18,20-25,27-33,36-37,41,44-47H,5-17H2,1-4H3,(H,38,43)(H,39,48)(H,40,42)(H,49,50)/t18?,21-,22?,23?,24+,25-,27?,28?,29?,30?,31?,32?,33?,36-,37?/m1/s1. The van der Waals surface area contributed by atoms with Crippen LogP contribution in [0.15, 0.2) is 0 Å². The number of ether oxygens (including phenoxy) is 5. The fourth-order valence-corrected chi connectivity index (χ4v) is 8.23. The second-order valence-corrected chi connectivity index (χ2v) is 15.4. The van der Waals surface area contributed by atoms with Gasteiger partial charge in [0.05, 0.1) is 24.9 Å². The van der Waals surface area contributed by atoms with Crippen molar-refractivity contribution < 1.29 is 73.5 Å². The Morgan fingerprint density at radius 1 is 0.836 bits per heavy atom. The van der Waals surface area contributed by atoms with Gasteiger partial charge in [-0.05, 0) is 38.0 Å². The van der Waals surface area contributed by atoms with E-state index in [-0.39, 0.29) is 43.7 Å². The van der Waals surface area contributed by atoms with Gasteiger partial charge in [0.15, 0.2) is 18.7 Å². The van der Waals surface area contributed by atoms with Crippen LogP contribution in [-0.2, 0) is 42.9 Å². The normalized spacial score (nSPS) is 37.8. The lowest BCUT2D eigenvalue weighted by Crippen LogP contribution is -2.67. The zero-order chi connectivity index (χ0) is 40.4. The molecule has 4 rings (SSSR count). The molecule has 0 aromatic rings. The number of carbonyl (C=O) groups is 4. The molecule has 0 bridgehead atoms. The first-order valence-electron chi connectivity index (χ1n) is 19.8. The zero-order valence-electron chi connectivity index (χ0n) is 32.3. The molecule has 2 saturated carbocycles. The molecule has 0 radical (unpaired) electrons. The summed E-state index contributed by atoms with van der Waals surface area (Å²) in [5.74, 6) is -3.28. The lowest BCUT2D eigenvalue weighted by Gasteiger charge is -2.49. The molecule has 11 unspecified atom stereocenters. The molecule has 2 aliphatic heterocycles. The maximum absolute atomic E-state index is 13.6. The van der Waals surface area contributed by atoms with Gasteiger partial charge in [0, 0.05) is 32.4 Å². The molecule has 3 amide bonds. The number of aliphatic hydroxyl groups is 5. The van der Waals surface area contributed by atoms with Crippen molar-refractivity contribution in [3.05, 3.63) is 0 Å². The van der Waals surface area contributed by atoms with Crippen molar-refractivity contribution in [3.8, 4) is 0 Å². The predicted molar refractivity (Wildman–Crippen MR) is 192 cm³/mol. The summed E-state index contributed by atoms with van der Waals surface area (Å²) < 4.78 is 30.9. The highest BCUT2D eigenvalue weighted by Crippen LogP contribution is 2.40. The average Bonchev–Trinajstić information content (AvgIpc) is 3.16. The third-order valence-electron chi connectivity index (χ3n) is 11.4. The van der Waals surface area contributed by atoms with Gasteiger partial charge in [0.1, 0.15) is 42.7 Å². The maximum Gasteiger partial charge on any atom is 0.332 e. The van der Waals surface area contributed by atoms with Crippen molar-refractivity contribution in [1.29, 1.82) is 0 Å². The number of rotatable bonds is 17. The zero-order valence-corrected chi connectivity index (χ0v) is 32.3. The van der Waals surface area contributed by atoms with Crippen molar-refractivity contribution in [2.24, 2.45) is 17.8 Å². The number of aliphatic hydroxyl groups excluding tert-OH is 5. The van der Waals surface area contributed by atoms with E-state index < -0.39 is 110 Å². The van der Waals surface area contributed by atoms with Crippen LogP contribution in [0.2, 0.25) is 0 Å². The molecular weight excluding hydrogens is 726 g/mol. The number of hydrogen-bond donors (Lipinski definition) is 9. The van der Waals surface area contributed by atoms with E-state index in [1.165, 1.54) is 13.8 Å². The summed E-state index contributed by atoms with van der Waals surface area (Å²) in [4.78, 5) is 50.4. The van der Waals surface area contributed by atoms with E-state index in [1.807, 2.05) is 6.92 Å². The highest BCUT2D eigenvalue weighted by molar-refractivity contribution is 5.79. The number of carbonyl (C=O) groups excluding carboxylic acids is 3. The highest BCUT2D eigenvalue weighted by Gasteiger charge is 2.53. The molecule has 0 spiro atoms. The van der Waals surface area contributed by atoms with E-state index in [0.29, 0.717) is 19.3 Å². The van der Waals surface area contributed by atoms with Gasteiger partial charge in [0.25, 0.3) is 0 Å². The number of amides is 3. The van der Waals surface area contributed by atoms with Gasteiger partial charge in [-0.1, -0.05) is 52.4 Å². The molecule has 316 valence electrons. The van der Waals surface area contributed by atoms with Crippen LogP contribution in [-0.4, -0.2) is 154 Å². The lowest BCUT2D eigenvalue weighted by molar-refractivity contribution is -0.338. The summed E-state index contributed by atoms with van der Waals surface area (Å²) in [5, 5.41) is 71.9. The Morgan fingerprint density at radius 3 is 2.15 bits per heavy atom. The SMILES string of the molecule is CCC(=O)NCCNC(=O)C1CC(O[C@@H]2O[C@H](CO)C(O)C(O[C@@H](CC3CCCCC3)C(=O)O)C2NC(C)=O)C(OC2OC(C)C(O)C(O)C2O)[C@H](CC)C1. The summed E-state index contributed by atoms with van der Waals surface area (Å²) in [5.41, 5.74) is 0. The van der Waals surface area contributed by atoms with Crippen LogP contribution in [0.3, 0.4) is 0 Å². The molecular formula is C37H63N3O15. The van der Waals surface area contributed by atoms with E-state index >= 15 is 0 Å². The largest absolute Gasteiger partial charge is 0.479 e. The molecule has 4 aliphatic rings. The Kier molecular flexibility index (Phi) is 17.5. The average molecular weight is 790 g/mol. The maximum atomic E-state index is 13.6. The number of aliphatic carboxylic acids is 1. The predicted octanol–water partition coefficient (Wildman–Crippen LogP) is -0.945. The van der Waals surface area contributed by atoms with E-state index in [4.69, 9.17) is 23.7 Å². The Hall–Kier alpha value is -2.52. The quantitative estimate of drug-likeness (QED) is 0.0805. The molecule has 55 heavy (non-hydrogen) atoms. The van der Waals surface area contributed by atoms with Crippen LogP contribution in [0, 0.1) is 17.8 Å². The van der Waals surface area contributed by atoms with Gasteiger partial charge >= 0.3 is 5.97 Å². The Bertz CT molecular complexity index is 1260. The van der Waals surface area contributed by atoms with Gasteiger partial charge < -0.3 is 70.3 Å².